The summed E-state index contributed by atoms with van der Waals surface area (Å²) in [6, 6.07) is 1.85. The maximum atomic E-state index is 13.3. The number of hydrogen-bond donors (Lipinski definition) is 1. The summed E-state index contributed by atoms with van der Waals surface area (Å²) >= 11 is 0. The SMILES string of the molecule is CCOc1nc(N(CC)C2CCN(C(=O)OC(C)(C)C)CC2)ncc1C(=O)Nc1cc(OC)c2nc(C)cn2c1. The van der Waals surface area contributed by atoms with Crippen LogP contribution in [0.4, 0.5) is 16.4 Å². The van der Waals surface area contributed by atoms with Crippen LogP contribution in [0.1, 0.15) is 63.5 Å². The number of piperidine rings is 1. The number of methoxy groups -OCH3 is 1. The number of amides is 2. The van der Waals surface area contributed by atoms with E-state index in [2.05, 4.69) is 25.2 Å². The van der Waals surface area contributed by atoms with Crippen molar-refractivity contribution < 1.29 is 23.8 Å². The quantitative estimate of drug-likeness (QED) is 0.434. The maximum absolute atomic E-state index is 13.3. The average molecular weight is 554 g/mol. The molecule has 1 aliphatic rings. The largest absolute Gasteiger partial charge is 0.493 e. The Bertz CT molecular complexity index is 1360. The molecule has 0 saturated carbocycles. The number of anilines is 2. The van der Waals surface area contributed by atoms with Gasteiger partial charge in [-0.25, -0.2) is 14.8 Å². The Morgan fingerprint density at radius 3 is 2.50 bits per heavy atom. The van der Waals surface area contributed by atoms with Crippen molar-refractivity contribution in [3.63, 3.8) is 0 Å². The fourth-order valence-corrected chi connectivity index (χ4v) is 4.75. The summed E-state index contributed by atoms with van der Waals surface area (Å²) in [5.74, 6) is 0.831. The number of aryl methyl sites for hydroxylation is 1. The lowest BCUT2D eigenvalue weighted by Crippen LogP contribution is -2.48. The van der Waals surface area contributed by atoms with Crippen LogP contribution in [0.5, 0.6) is 11.6 Å². The summed E-state index contributed by atoms with van der Waals surface area (Å²) in [6.45, 7) is 13.5. The van der Waals surface area contributed by atoms with Gasteiger partial charge < -0.3 is 33.7 Å². The lowest BCUT2D eigenvalue weighted by Gasteiger charge is -2.38. The van der Waals surface area contributed by atoms with E-state index in [0.29, 0.717) is 49.3 Å². The number of ether oxygens (including phenoxy) is 3. The molecule has 4 heterocycles. The highest BCUT2D eigenvalue weighted by atomic mass is 16.6. The predicted octanol–water partition coefficient (Wildman–Crippen LogP) is 4.32. The van der Waals surface area contributed by atoms with Crippen LogP contribution >= 0.6 is 0 Å². The van der Waals surface area contributed by atoms with Crippen molar-refractivity contribution in [2.45, 2.75) is 66.0 Å². The van der Waals surface area contributed by atoms with E-state index in [1.807, 2.05) is 47.7 Å². The van der Waals surface area contributed by atoms with Crippen LogP contribution in [0.25, 0.3) is 5.65 Å². The van der Waals surface area contributed by atoms with Crippen molar-refractivity contribution in [2.24, 2.45) is 0 Å². The van der Waals surface area contributed by atoms with Crippen LogP contribution in [0.2, 0.25) is 0 Å². The monoisotopic (exact) mass is 553 g/mol. The van der Waals surface area contributed by atoms with Crippen molar-refractivity contribution >= 4 is 29.3 Å². The van der Waals surface area contributed by atoms with Gasteiger partial charge in [-0.15, -0.1) is 0 Å². The molecule has 3 aromatic heterocycles. The standard InChI is InChI=1S/C28H39N7O5/c1-8-35(20-10-12-33(13-11-20)27(37)40-28(4,5)6)26-29-15-21(25(32-26)39-9-2)24(36)31-19-14-22(38-7)23-30-18(3)16-34(23)17-19/h14-17,20H,8-13H2,1-7H3,(H,31,36). The lowest BCUT2D eigenvalue weighted by atomic mass is 10.0. The maximum Gasteiger partial charge on any atom is 0.410 e. The fourth-order valence-electron chi connectivity index (χ4n) is 4.75. The Labute approximate surface area is 234 Å². The van der Waals surface area contributed by atoms with E-state index in [-0.39, 0.29) is 23.6 Å². The predicted molar refractivity (Wildman–Crippen MR) is 151 cm³/mol. The zero-order valence-corrected chi connectivity index (χ0v) is 24.4. The van der Waals surface area contributed by atoms with Gasteiger partial charge in [0.2, 0.25) is 11.8 Å². The molecule has 1 fully saturated rings. The molecule has 4 rings (SSSR count). The first kappa shape index (κ1) is 28.9. The molecule has 3 aromatic rings. The normalized spacial score (nSPS) is 14.2. The van der Waals surface area contributed by atoms with Gasteiger partial charge in [0, 0.05) is 50.3 Å². The molecule has 0 spiro atoms. The van der Waals surface area contributed by atoms with Crippen LogP contribution in [0, 0.1) is 6.92 Å². The van der Waals surface area contributed by atoms with Crippen LogP contribution in [-0.4, -0.2) is 81.2 Å². The number of nitrogens with zero attached hydrogens (tertiary/aromatic N) is 6. The zero-order chi connectivity index (χ0) is 29.0. The highest BCUT2D eigenvalue weighted by molar-refractivity contribution is 6.05. The van der Waals surface area contributed by atoms with Gasteiger partial charge in [0.15, 0.2) is 11.4 Å². The molecule has 0 unspecified atom stereocenters. The first-order valence-corrected chi connectivity index (χ1v) is 13.6. The third-order valence-electron chi connectivity index (χ3n) is 6.54. The molecule has 216 valence electrons. The van der Waals surface area contributed by atoms with E-state index in [1.165, 1.54) is 6.20 Å². The van der Waals surface area contributed by atoms with Gasteiger partial charge in [-0.2, -0.15) is 4.98 Å². The second-order valence-corrected chi connectivity index (χ2v) is 10.7. The minimum atomic E-state index is -0.529. The Morgan fingerprint density at radius 1 is 1.15 bits per heavy atom. The number of likely N-dealkylation sites (tertiary alicyclic amines) is 1. The molecule has 0 aliphatic carbocycles. The molecule has 0 aromatic carbocycles. The minimum Gasteiger partial charge on any atom is -0.493 e. The number of pyridine rings is 1. The minimum absolute atomic E-state index is 0.135. The number of hydrogen-bond acceptors (Lipinski definition) is 9. The molecule has 12 nitrogen and oxygen atoms in total. The smallest absolute Gasteiger partial charge is 0.410 e. The number of aromatic nitrogens is 4. The molecular formula is C28H39N7O5. The van der Waals surface area contributed by atoms with Gasteiger partial charge in [0.05, 0.1) is 25.1 Å². The van der Waals surface area contributed by atoms with Crippen molar-refractivity contribution in [2.75, 3.05) is 43.6 Å². The number of nitrogens with one attached hydrogen (secondary N) is 1. The Hall–Kier alpha value is -4.09. The number of imidazole rings is 1. The first-order chi connectivity index (χ1) is 19.0. The van der Waals surface area contributed by atoms with Crippen LogP contribution in [0.15, 0.2) is 24.7 Å². The molecule has 1 aliphatic heterocycles. The second kappa shape index (κ2) is 12.0. The molecule has 2 amide bonds. The molecule has 0 atom stereocenters. The van der Waals surface area contributed by atoms with E-state index in [1.54, 1.807) is 28.7 Å². The Kier molecular flexibility index (Phi) is 8.65. The van der Waals surface area contributed by atoms with E-state index in [0.717, 1.165) is 18.5 Å². The van der Waals surface area contributed by atoms with Gasteiger partial charge in [-0.3, -0.25) is 4.79 Å². The summed E-state index contributed by atoms with van der Waals surface area (Å²) in [6.07, 6.45) is 6.33. The molecule has 1 saturated heterocycles. The topological polar surface area (TPSA) is 123 Å². The number of rotatable bonds is 8. The molecule has 0 radical (unpaired) electrons. The summed E-state index contributed by atoms with van der Waals surface area (Å²) in [7, 11) is 1.56. The molecule has 40 heavy (non-hydrogen) atoms. The van der Waals surface area contributed by atoms with Crippen LogP contribution in [-0.2, 0) is 4.74 Å². The lowest BCUT2D eigenvalue weighted by molar-refractivity contribution is 0.0204. The Balaban J connectivity index is 1.50. The van der Waals surface area contributed by atoms with Crippen molar-refractivity contribution in [3.05, 3.63) is 35.9 Å². The van der Waals surface area contributed by atoms with Gasteiger partial charge in [-0.1, -0.05) is 0 Å². The summed E-state index contributed by atoms with van der Waals surface area (Å²) in [5, 5.41) is 2.90. The van der Waals surface area contributed by atoms with Crippen LogP contribution < -0.4 is 19.7 Å². The number of fused-ring (bicyclic) bond motifs is 1. The summed E-state index contributed by atoms with van der Waals surface area (Å²) < 4.78 is 18.6. The number of carbonyl (C=O) groups excluding carboxylic acids is 2. The van der Waals surface area contributed by atoms with Crippen molar-refractivity contribution in [1.82, 2.24) is 24.3 Å². The van der Waals surface area contributed by atoms with Gasteiger partial charge in [0.1, 0.15) is 11.2 Å². The Morgan fingerprint density at radius 2 is 1.88 bits per heavy atom. The van der Waals surface area contributed by atoms with E-state index in [4.69, 9.17) is 14.2 Å². The van der Waals surface area contributed by atoms with Gasteiger partial charge >= 0.3 is 6.09 Å². The van der Waals surface area contributed by atoms with E-state index < -0.39 is 11.5 Å². The van der Waals surface area contributed by atoms with Gasteiger partial charge in [-0.05, 0) is 54.4 Å². The third kappa shape index (κ3) is 6.54. The molecule has 0 bridgehead atoms. The summed E-state index contributed by atoms with van der Waals surface area (Å²) in [5.41, 5.74) is 1.73. The highest BCUT2D eigenvalue weighted by Gasteiger charge is 2.31. The molecule has 1 N–H and O–H groups in total. The first-order valence-electron chi connectivity index (χ1n) is 13.6. The fraction of sp³-hybridized carbons (Fsp3) is 0.536. The van der Waals surface area contributed by atoms with Crippen molar-refractivity contribution in [3.8, 4) is 11.6 Å². The van der Waals surface area contributed by atoms with E-state index in [9.17, 15) is 9.59 Å². The third-order valence-corrected chi connectivity index (χ3v) is 6.54. The number of carbonyl (C=O) groups is 2. The van der Waals surface area contributed by atoms with Crippen LogP contribution in [0.3, 0.4) is 0 Å². The summed E-state index contributed by atoms with van der Waals surface area (Å²) in [4.78, 5) is 43.3. The van der Waals surface area contributed by atoms with Gasteiger partial charge in [0.25, 0.3) is 5.91 Å². The second-order valence-electron chi connectivity index (χ2n) is 10.7. The van der Waals surface area contributed by atoms with E-state index >= 15 is 0 Å². The highest BCUT2D eigenvalue weighted by Crippen LogP contribution is 2.27. The molecular weight excluding hydrogens is 514 g/mol. The average Bonchev–Trinajstić information content (AvgIpc) is 3.28. The zero-order valence-electron chi connectivity index (χ0n) is 24.4. The molecule has 12 heteroatoms. The van der Waals surface area contributed by atoms with Crippen molar-refractivity contribution in [1.29, 1.82) is 0 Å².